The molecule has 0 aliphatic rings. The van der Waals surface area contributed by atoms with Crippen LogP contribution >= 0.6 is 0 Å². The van der Waals surface area contributed by atoms with Gasteiger partial charge in [-0.3, -0.25) is 4.79 Å². The maximum atomic E-state index is 12.3. The summed E-state index contributed by atoms with van der Waals surface area (Å²) in [6, 6.07) is 9.78. The van der Waals surface area contributed by atoms with Gasteiger partial charge in [-0.15, -0.1) is 13.2 Å². The van der Waals surface area contributed by atoms with E-state index in [0.29, 0.717) is 30.2 Å². The zero-order chi connectivity index (χ0) is 19.2. The van der Waals surface area contributed by atoms with E-state index in [1.807, 2.05) is 6.92 Å². The second-order valence-corrected chi connectivity index (χ2v) is 5.19. The van der Waals surface area contributed by atoms with Crippen LogP contribution in [0.4, 0.5) is 18.9 Å². The summed E-state index contributed by atoms with van der Waals surface area (Å²) in [5.41, 5.74) is 1.43. The average Bonchev–Trinajstić information content (AvgIpc) is 2.60. The van der Waals surface area contributed by atoms with E-state index >= 15 is 0 Å². The van der Waals surface area contributed by atoms with Crippen LogP contribution < -0.4 is 14.8 Å². The molecular weight excluding hydrogens is 351 g/mol. The number of nitrogens with one attached hydrogen (secondary N) is 1. The Labute approximate surface area is 148 Å². The molecule has 0 heterocycles. The van der Waals surface area contributed by atoms with Crippen LogP contribution in [-0.2, 0) is 11.3 Å². The fourth-order valence-electron chi connectivity index (χ4n) is 2.19. The number of hydrogen-bond acceptors (Lipinski definition) is 4. The van der Waals surface area contributed by atoms with E-state index in [9.17, 15) is 18.0 Å². The smallest absolute Gasteiger partial charge is 0.496 e. The number of alkyl halides is 3. The molecule has 8 heteroatoms. The SMILES string of the molecule is CCOCc1cc(C(=O)Nc2ccc(OC(F)(F)F)cc2)ccc1OC. The highest BCUT2D eigenvalue weighted by Gasteiger charge is 2.30. The highest BCUT2D eigenvalue weighted by Crippen LogP contribution is 2.25. The lowest BCUT2D eigenvalue weighted by Gasteiger charge is -2.12. The van der Waals surface area contributed by atoms with Crippen LogP contribution in [0.5, 0.6) is 11.5 Å². The highest BCUT2D eigenvalue weighted by atomic mass is 19.4. The molecule has 0 saturated carbocycles. The third kappa shape index (κ3) is 5.66. The van der Waals surface area contributed by atoms with Crippen LogP contribution in [0.1, 0.15) is 22.8 Å². The summed E-state index contributed by atoms with van der Waals surface area (Å²) in [4.78, 5) is 12.3. The Hall–Kier alpha value is -2.74. The number of carbonyl (C=O) groups is 1. The molecule has 26 heavy (non-hydrogen) atoms. The van der Waals surface area contributed by atoms with E-state index in [-0.39, 0.29) is 5.75 Å². The normalized spacial score (nSPS) is 11.1. The van der Waals surface area contributed by atoms with Gasteiger partial charge in [-0.25, -0.2) is 0 Å². The lowest BCUT2D eigenvalue weighted by molar-refractivity contribution is -0.274. The van der Waals surface area contributed by atoms with Gasteiger partial charge in [0.15, 0.2) is 0 Å². The van der Waals surface area contributed by atoms with Crippen molar-refractivity contribution in [1.82, 2.24) is 0 Å². The number of benzene rings is 2. The predicted molar refractivity (Wildman–Crippen MR) is 89.4 cm³/mol. The molecule has 0 aliphatic carbocycles. The van der Waals surface area contributed by atoms with Gasteiger partial charge in [0.05, 0.1) is 13.7 Å². The summed E-state index contributed by atoms with van der Waals surface area (Å²) in [5.74, 6) is -0.169. The molecule has 140 valence electrons. The fourth-order valence-corrected chi connectivity index (χ4v) is 2.19. The van der Waals surface area contributed by atoms with Crippen LogP contribution in [0.25, 0.3) is 0 Å². The largest absolute Gasteiger partial charge is 0.573 e. The van der Waals surface area contributed by atoms with Gasteiger partial charge in [-0.1, -0.05) is 0 Å². The summed E-state index contributed by atoms with van der Waals surface area (Å²) < 4.78 is 50.8. The molecule has 2 rings (SSSR count). The van der Waals surface area contributed by atoms with E-state index in [2.05, 4.69) is 10.1 Å². The van der Waals surface area contributed by atoms with E-state index in [4.69, 9.17) is 9.47 Å². The molecule has 0 aliphatic heterocycles. The summed E-state index contributed by atoms with van der Waals surface area (Å²) in [7, 11) is 1.52. The predicted octanol–water partition coefficient (Wildman–Crippen LogP) is 4.38. The van der Waals surface area contributed by atoms with Crippen LogP contribution in [0.2, 0.25) is 0 Å². The van der Waals surface area contributed by atoms with Gasteiger partial charge in [0.1, 0.15) is 11.5 Å². The lowest BCUT2D eigenvalue weighted by atomic mass is 10.1. The van der Waals surface area contributed by atoms with Crippen LogP contribution in [0, 0.1) is 0 Å². The Bertz CT molecular complexity index is 745. The van der Waals surface area contributed by atoms with E-state index in [0.717, 1.165) is 17.7 Å². The van der Waals surface area contributed by atoms with Gasteiger partial charge in [0.2, 0.25) is 0 Å². The minimum Gasteiger partial charge on any atom is -0.496 e. The van der Waals surface area contributed by atoms with Gasteiger partial charge in [0, 0.05) is 23.4 Å². The van der Waals surface area contributed by atoms with Crippen molar-refractivity contribution in [2.45, 2.75) is 19.9 Å². The van der Waals surface area contributed by atoms with Crippen molar-refractivity contribution in [2.24, 2.45) is 0 Å². The van der Waals surface area contributed by atoms with Crippen LogP contribution in [-0.4, -0.2) is 26.0 Å². The summed E-state index contributed by atoms with van der Waals surface area (Å²) >= 11 is 0. The van der Waals surface area contributed by atoms with E-state index in [1.54, 1.807) is 18.2 Å². The van der Waals surface area contributed by atoms with E-state index in [1.165, 1.54) is 19.2 Å². The minimum absolute atomic E-state index is 0.296. The molecule has 1 amide bonds. The van der Waals surface area contributed by atoms with Crippen LogP contribution in [0.15, 0.2) is 42.5 Å². The third-order valence-electron chi connectivity index (χ3n) is 3.35. The van der Waals surface area contributed by atoms with Crippen LogP contribution in [0.3, 0.4) is 0 Å². The Morgan fingerprint density at radius 2 is 1.81 bits per heavy atom. The number of rotatable bonds is 7. The summed E-state index contributed by atoms with van der Waals surface area (Å²) in [6.07, 6.45) is -4.76. The first kappa shape index (κ1) is 19.6. The molecule has 0 radical (unpaired) electrons. The van der Waals surface area contributed by atoms with Crippen molar-refractivity contribution >= 4 is 11.6 Å². The zero-order valence-corrected chi connectivity index (χ0v) is 14.2. The second kappa shape index (κ2) is 8.57. The van der Waals surface area contributed by atoms with Gasteiger partial charge in [-0.05, 0) is 49.4 Å². The minimum atomic E-state index is -4.76. The van der Waals surface area contributed by atoms with Gasteiger partial charge in [-0.2, -0.15) is 0 Å². The first-order chi connectivity index (χ1) is 12.3. The monoisotopic (exact) mass is 369 g/mol. The summed E-state index contributed by atoms with van der Waals surface area (Å²) in [5, 5.41) is 2.61. The zero-order valence-electron chi connectivity index (χ0n) is 14.2. The molecule has 2 aromatic rings. The molecule has 0 fully saturated rings. The second-order valence-electron chi connectivity index (χ2n) is 5.19. The average molecular weight is 369 g/mol. The number of anilines is 1. The van der Waals surface area contributed by atoms with Crippen molar-refractivity contribution in [3.8, 4) is 11.5 Å². The molecule has 0 aromatic heterocycles. The number of carbonyl (C=O) groups excluding carboxylic acids is 1. The van der Waals surface area contributed by atoms with Crippen molar-refractivity contribution in [1.29, 1.82) is 0 Å². The molecule has 0 unspecified atom stereocenters. The van der Waals surface area contributed by atoms with Crippen molar-refractivity contribution in [2.75, 3.05) is 19.0 Å². The highest BCUT2D eigenvalue weighted by molar-refractivity contribution is 6.04. The number of ether oxygens (including phenoxy) is 3. The Morgan fingerprint density at radius 3 is 2.38 bits per heavy atom. The maximum absolute atomic E-state index is 12.3. The first-order valence-electron chi connectivity index (χ1n) is 7.74. The van der Waals surface area contributed by atoms with Crippen molar-refractivity contribution in [3.05, 3.63) is 53.6 Å². The summed E-state index contributed by atoms with van der Waals surface area (Å²) in [6.45, 7) is 2.67. The molecule has 0 atom stereocenters. The van der Waals surface area contributed by atoms with Gasteiger partial charge < -0.3 is 19.5 Å². The first-order valence-corrected chi connectivity index (χ1v) is 7.74. The third-order valence-corrected chi connectivity index (χ3v) is 3.35. The fraction of sp³-hybridized carbons (Fsp3) is 0.278. The molecular formula is C18H18F3NO4. The van der Waals surface area contributed by atoms with Gasteiger partial charge in [0.25, 0.3) is 5.91 Å². The van der Waals surface area contributed by atoms with Gasteiger partial charge >= 0.3 is 6.36 Å². The Kier molecular flexibility index (Phi) is 6.46. The van der Waals surface area contributed by atoms with E-state index < -0.39 is 12.3 Å². The molecule has 5 nitrogen and oxygen atoms in total. The molecule has 2 aromatic carbocycles. The van der Waals surface area contributed by atoms with Crippen molar-refractivity contribution in [3.63, 3.8) is 0 Å². The Morgan fingerprint density at radius 1 is 1.12 bits per heavy atom. The number of methoxy groups -OCH3 is 1. The standard InChI is InChI=1S/C18H18F3NO4/c1-3-25-11-13-10-12(4-9-16(13)24-2)17(23)22-14-5-7-15(8-6-14)26-18(19,20)21/h4-10H,3,11H2,1-2H3,(H,22,23). The number of halogens is 3. The molecule has 0 saturated heterocycles. The molecule has 0 spiro atoms. The maximum Gasteiger partial charge on any atom is 0.573 e. The number of hydrogen-bond donors (Lipinski definition) is 1. The molecule has 1 N–H and O–H groups in total. The number of amides is 1. The quantitative estimate of drug-likeness (QED) is 0.787. The topological polar surface area (TPSA) is 56.8 Å². The lowest BCUT2D eigenvalue weighted by Crippen LogP contribution is -2.17. The van der Waals surface area contributed by atoms with Crippen molar-refractivity contribution < 1.29 is 32.2 Å². The molecule has 0 bridgehead atoms. The Balaban J connectivity index is 2.09.